The maximum atomic E-state index is 12.2. The SMILES string of the molecule is Cc1ccnc2c1NC(=O)C(CC(C)(C)C)CN2. The number of nitrogens with one attached hydrogen (secondary N) is 2. The largest absolute Gasteiger partial charge is 0.368 e. The van der Waals surface area contributed by atoms with Gasteiger partial charge in [0.2, 0.25) is 5.91 Å². The molecule has 18 heavy (non-hydrogen) atoms. The van der Waals surface area contributed by atoms with Crippen LogP contribution in [-0.4, -0.2) is 17.4 Å². The van der Waals surface area contributed by atoms with Crippen LogP contribution in [0, 0.1) is 18.3 Å². The number of hydrogen-bond acceptors (Lipinski definition) is 3. The molecule has 0 aliphatic carbocycles. The molecule has 0 saturated heterocycles. The average Bonchev–Trinajstić information content (AvgIpc) is 2.39. The number of carbonyl (C=O) groups is 1. The van der Waals surface area contributed by atoms with Gasteiger partial charge in [0.25, 0.3) is 0 Å². The number of aryl methyl sites for hydroxylation is 1. The normalized spacial score (nSPS) is 19.6. The van der Waals surface area contributed by atoms with Crippen LogP contribution in [0.4, 0.5) is 11.5 Å². The van der Waals surface area contributed by atoms with Crippen LogP contribution in [0.5, 0.6) is 0 Å². The van der Waals surface area contributed by atoms with E-state index in [1.165, 1.54) is 0 Å². The molecule has 0 radical (unpaired) electrons. The Kier molecular flexibility index (Phi) is 3.28. The van der Waals surface area contributed by atoms with Gasteiger partial charge in [-0.25, -0.2) is 4.98 Å². The molecule has 0 aromatic carbocycles. The summed E-state index contributed by atoms with van der Waals surface area (Å²) in [5.74, 6) is 0.852. The predicted molar refractivity (Wildman–Crippen MR) is 73.7 cm³/mol. The number of aromatic nitrogens is 1. The zero-order valence-electron chi connectivity index (χ0n) is 11.5. The van der Waals surface area contributed by atoms with Crippen molar-refractivity contribution in [2.45, 2.75) is 34.1 Å². The zero-order valence-corrected chi connectivity index (χ0v) is 11.5. The van der Waals surface area contributed by atoms with E-state index in [-0.39, 0.29) is 17.2 Å². The van der Waals surface area contributed by atoms with Crippen LogP contribution in [0.3, 0.4) is 0 Å². The van der Waals surface area contributed by atoms with Gasteiger partial charge in [-0.2, -0.15) is 0 Å². The van der Waals surface area contributed by atoms with Gasteiger partial charge in [0.1, 0.15) is 5.82 Å². The average molecular weight is 247 g/mol. The van der Waals surface area contributed by atoms with Crippen LogP contribution in [-0.2, 0) is 4.79 Å². The van der Waals surface area contributed by atoms with E-state index < -0.39 is 0 Å². The molecule has 1 aromatic rings. The summed E-state index contributed by atoms with van der Waals surface area (Å²) < 4.78 is 0. The Morgan fingerprint density at radius 2 is 2.17 bits per heavy atom. The highest BCUT2D eigenvalue weighted by Crippen LogP contribution is 2.31. The highest BCUT2D eigenvalue weighted by molar-refractivity contribution is 5.97. The Bertz CT molecular complexity index is 463. The summed E-state index contributed by atoms with van der Waals surface area (Å²) in [6, 6.07) is 1.91. The summed E-state index contributed by atoms with van der Waals surface area (Å²) in [5.41, 5.74) is 2.00. The van der Waals surface area contributed by atoms with Gasteiger partial charge in [0.15, 0.2) is 0 Å². The number of fused-ring (bicyclic) bond motifs is 1. The maximum absolute atomic E-state index is 12.2. The van der Waals surface area contributed by atoms with E-state index >= 15 is 0 Å². The van der Waals surface area contributed by atoms with Crippen molar-refractivity contribution in [2.24, 2.45) is 11.3 Å². The van der Waals surface area contributed by atoms with Crippen LogP contribution < -0.4 is 10.6 Å². The summed E-state index contributed by atoms with van der Waals surface area (Å²) in [7, 11) is 0. The second-order valence-corrected chi connectivity index (χ2v) is 6.18. The molecule has 0 saturated carbocycles. The van der Waals surface area contributed by atoms with E-state index in [4.69, 9.17) is 0 Å². The van der Waals surface area contributed by atoms with E-state index in [1.54, 1.807) is 6.20 Å². The van der Waals surface area contributed by atoms with Crippen LogP contribution in [0.2, 0.25) is 0 Å². The third kappa shape index (κ3) is 2.81. The smallest absolute Gasteiger partial charge is 0.229 e. The number of amides is 1. The molecule has 2 heterocycles. The Balaban J connectivity index is 2.22. The van der Waals surface area contributed by atoms with Gasteiger partial charge in [-0.15, -0.1) is 0 Å². The van der Waals surface area contributed by atoms with Crippen molar-refractivity contribution in [3.8, 4) is 0 Å². The third-order valence-electron chi connectivity index (χ3n) is 3.15. The molecule has 0 fully saturated rings. The number of rotatable bonds is 1. The number of anilines is 2. The Morgan fingerprint density at radius 3 is 2.83 bits per heavy atom. The fourth-order valence-electron chi connectivity index (χ4n) is 2.29. The van der Waals surface area contributed by atoms with Crippen molar-refractivity contribution in [1.29, 1.82) is 0 Å². The summed E-state index contributed by atoms with van der Waals surface area (Å²) in [4.78, 5) is 16.5. The summed E-state index contributed by atoms with van der Waals surface area (Å²) >= 11 is 0. The van der Waals surface area contributed by atoms with Gasteiger partial charge in [0, 0.05) is 12.7 Å². The van der Waals surface area contributed by atoms with Gasteiger partial charge in [-0.1, -0.05) is 20.8 Å². The quantitative estimate of drug-likeness (QED) is 0.802. The van der Waals surface area contributed by atoms with Crippen LogP contribution in [0.1, 0.15) is 32.8 Å². The van der Waals surface area contributed by atoms with Crippen molar-refractivity contribution in [3.63, 3.8) is 0 Å². The molecule has 98 valence electrons. The second kappa shape index (κ2) is 4.59. The lowest BCUT2D eigenvalue weighted by atomic mass is 9.84. The first-order valence-electron chi connectivity index (χ1n) is 6.37. The maximum Gasteiger partial charge on any atom is 0.229 e. The number of hydrogen-bond donors (Lipinski definition) is 2. The van der Waals surface area contributed by atoms with E-state index in [0.29, 0.717) is 6.54 Å². The van der Waals surface area contributed by atoms with Crippen molar-refractivity contribution in [1.82, 2.24) is 4.98 Å². The minimum absolute atomic E-state index is 0.0152. The first kappa shape index (κ1) is 12.9. The Morgan fingerprint density at radius 1 is 1.44 bits per heavy atom. The number of pyridine rings is 1. The highest BCUT2D eigenvalue weighted by atomic mass is 16.2. The third-order valence-corrected chi connectivity index (χ3v) is 3.15. The lowest BCUT2D eigenvalue weighted by molar-refractivity contribution is -0.120. The van der Waals surface area contributed by atoms with Crippen LogP contribution >= 0.6 is 0 Å². The van der Waals surface area contributed by atoms with Gasteiger partial charge in [-0.3, -0.25) is 4.79 Å². The van der Waals surface area contributed by atoms with Gasteiger partial charge >= 0.3 is 0 Å². The first-order chi connectivity index (χ1) is 8.37. The van der Waals surface area contributed by atoms with E-state index in [2.05, 4.69) is 36.4 Å². The second-order valence-electron chi connectivity index (χ2n) is 6.18. The van der Waals surface area contributed by atoms with Crippen LogP contribution in [0.25, 0.3) is 0 Å². The molecule has 1 atom stereocenters. The van der Waals surface area contributed by atoms with E-state index in [1.807, 2.05) is 13.0 Å². The molecule has 2 N–H and O–H groups in total. The first-order valence-corrected chi connectivity index (χ1v) is 6.37. The Hall–Kier alpha value is -1.58. The molecule has 4 nitrogen and oxygen atoms in total. The van der Waals surface area contributed by atoms with Crippen molar-refractivity contribution >= 4 is 17.4 Å². The van der Waals surface area contributed by atoms with Gasteiger partial charge in [0.05, 0.1) is 11.6 Å². The number of carbonyl (C=O) groups excluding carboxylic acids is 1. The lowest BCUT2D eigenvalue weighted by Gasteiger charge is -2.23. The molecule has 0 spiro atoms. The molecule has 1 aromatic heterocycles. The minimum atomic E-state index is -0.0152. The summed E-state index contributed by atoms with van der Waals surface area (Å²) in [6.07, 6.45) is 2.62. The molecule has 1 aliphatic heterocycles. The molecular formula is C14H21N3O. The molecule has 1 amide bonds. The highest BCUT2D eigenvalue weighted by Gasteiger charge is 2.28. The fourth-order valence-corrected chi connectivity index (χ4v) is 2.29. The predicted octanol–water partition coefficient (Wildman–Crippen LogP) is 2.81. The number of nitrogens with zero attached hydrogens (tertiary/aromatic N) is 1. The Labute approximate surface area is 108 Å². The fraction of sp³-hybridized carbons (Fsp3) is 0.571. The van der Waals surface area contributed by atoms with Gasteiger partial charge in [-0.05, 0) is 30.4 Å². The van der Waals surface area contributed by atoms with Gasteiger partial charge < -0.3 is 10.6 Å². The van der Waals surface area contributed by atoms with E-state index in [0.717, 1.165) is 23.5 Å². The molecule has 2 rings (SSSR count). The van der Waals surface area contributed by atoms with Crippen molar-refractivity contribution < 1.29 is 4.79 Å². The van der Waals surface area contributed by atoms with Crippen LogP contribution in [0.15, 0.2) is 12.3 Å². The minimum Gasteiger partial charge on any atom is -0.368 e. The topological polar surface area (TPSA) is 54.0 Å². The monoisotopic (exact) mass is 247 g/mol. The lowest BCUT2D eigenvalue weighted by Crippen LogP contribution is -2.29. The van der Waals surface area contributed by atoms with Crippen molar-refractivity contribution in [2.75, 3.05) is 17.2 Å². The van der Waals surface area contributed by atoms with Crippen molar-refractivity contribution in [3.05, 3.63) is 17.8 Å². The zero-order chi connectivity index (χ0) is 13.3. The molecule has 1 aliphatic rings. The molecule has 4 heteroatoms. The summed E-state index contributed by atoms with van der Waals surface area (Å²) in [6.45, 7) is 9.09. The molecule has 0 bridgehead atoms. The summed E-state index contributed by atoms with van der Waals surface area (Å²) in [5, 5.41) is 6.27. The molecule has 1 unspecified atom stereocenters. The standard InChI is InChI=1S/C14H21N3O/c1-9-5-6-15-12-11(9)17-13(18)10(8-16-12)7-14(2,3)4/h5-6,10H,7-8H2,1-4H3,(H,15,16)(H,17,18). The van der Waals surface area contributed by atoms with E-state index in [9.17, 15) is 4.79 Å². The molecular weight excluding hydrogens is 226 g/mol.